The predicted octanol–water partition coefficient (Wildman–Crippen LogP) is 2.33. The first-order valence-electron chi connectivity index (χ1n) is 15.1. The molecule has 0 saturated heterocycles. The van der Waals surface area contributed by atoms with E-state index in [1.165, 1.54) is 0 Å². The third kappa shape index (κ3) is 17.4. The molecular formula is C29H36Cu2F6N12O6S2. The van der Waals surface area contributed by atoms with Crippen LogP contribution in [0, 0.1) is 0 Å². The van der Waals surface area contributed by atoms with Gasteiger partial charge < -0.3 is 36.5 Å². The van der Waals surface area contributed by atoms with Crippen molar-refractivity contribution in [1.82, 2.24) is 57.3 Å². The van der Waals surface area contributed by atoms with Crippen LogP contribution in [-0.4, -0.2) is 94.3 Å². The minimum absolute atomic E-state index is 0. The third-order valence-corrected chi connectivity index (χ3v) is 8.18. The molecule has 6 aromatic rings. The topological polar surface area (TPSA) is 221 Å². The maximum Gasteiger partial charge on any atom is 1.00 e. The first-order valence-corrected chi connectivity index (χ1v) is 17.9. The molecule has 0 unspecified atom stereocenters. The molecule has 28 heteroatoms. The average Bonchev–Trinajstić information content (AvgIpc) is 3.93. The summed E-state index contributed by atoms with van der Waals surface area (Å²) in [5.41, 5.74) is -11.3. The van der Waals surface area contributed by atoms with Gasteiger partial charge in [-0.2, -0.15) is 26.3 Å². The molecule has 0 amide bonds. The minimum atomic E-state index is -6.09. The maximum atomic E-state index is 10.7. The van der Waals surface area contributed by atoms with Gasteiger partial charge in [-0.3, -0.25) is 0 Å². The minimum Gasteiger partial charge on any atom is -0.741 e. The van der Waals surface area contributed by atoms with Crippen LogP contribution in [0.15, 0.2) is 74.4 Å². The summed E-state index contributed by atoms with van der Waals surface area (Å²) in [6, 6.07) is 0. The molecule has 0 N–H and O–H groups in total. The molecule has 57 heavy (non-hydrogen) atoms. The number of alkyl halides is 6. The van der Waals surface area contributed by atoms with E-state index in [1.54, 1.807) is 37.2 Å². The van der Waals surface area contributed by atoms with E-state index in [0.717, 1.165) is 54.2 Å². The van der Waals surface area contributed by atoms with Gasteiger partial charge in [-0.15, -0.1) is 0 Å². The molecule has 0 saturated carbocycles. The van der Waals surface area contributed by atoms with Crippen LogP contribution < -0.4 is 0 Å². The number of aromatic nitrogens is 12. The van der Waals surface area contributed by atoms with Crippen LogP contribution in [0.4, 0.5) is 26.3 Å². The van der Waals surface area contributed by atoms with Crippen molar-refractivity contribution in [2.45, 2.75) is 30.3 Å². The number of hydrogen-bond acceptors (Lipinski definition) is 12. The van der Waals surface area contributed by atoms with Crippen molar-refractivity contribution in [2.75, 3.05) is 0 Å². The Kier molecular flexibility index (Phi) is 20.9. The molecule has 18 nitrogen and oxygen atoms in total. The standard InChI is InChI=1S/3C9H12N4.2CHF3O3S.2Cu/c3*1-12-5-3-10-8(12)7-9-11-4-6-13(9)2;2*2-1(3,4)8(5,6)7;;/h3*3-6H,7H2,1-2H3;2*(H,5,6,7);;/q;;;;;2*+1/p-2. The zero-order chi connectivity index (χ0) is 41.8. The molecule has 0 aromatic carbocycles. The Morgan fingerprint density at radius 1 is 0.421 bits per heavy atom. The van der Waals surface area contributed by atoms with Crippen LogP contribution in [-0.2, 0) is 116 Å². The van der Waals surface area contributed by atoms with Gasteiger partial charge in [0, 0.05) is 117 Å². The smallest absolute Gasteiger partial charge is 0.741 e. The molecule has 6 heterocycles. The Morgan fingerprint density at radius 3 is 0.614 bits per heavy atom. The summed E-state index contributed by atoms with van der Waals surface area (Å²) in [5.74, 6) is 6.22. The first-order chi connectivity index (χ1) is 25.3. The van der Waals surface area contributed by atoms with Gasteiger partial charge in [0.1, 0.15) is 34.9 Å². The Bertz CT molecular complexity index is 1950. The zero-order valence-corrected chi connectivity index (χ0v) is 34.1. The maximum absolute atomic E-state index is 10.7. The van der Waals surface area contributed by atoms with Crippen LogP contribution >= 0.6 is 0 Å². The molecule has 0 aliphatic carbocycles. The second-order valence-corrected chi connectivity index (χ2v) is 13.8. The van der Waals surface area contributed by atoms with Crippen LogP contribution in [0.5, 0.6) is 0 Å². The van der Waals surface area contributed by atoms with Crippen molar-refractivity contribution >= 4 is 20.2 Å². The fourth-order valence-corrected chi connectivity index (χ4v) is 3.83. The largest absolute Gasteiger partial charge is 1.00 e. The Balaban J connectivity index is 0.000000695. The fraction of sp³-hybridized carbons (Fsp3) is 0.379. The van der Waals surface area contributed by atoms with Crippen molar-refractivity contribution < 1.29 is 86.4 Å². The SMILES string of the molecule is Cn1ccnc1Cc1nccn1C.Cn1ccnc1Cc1nccn1C.Cn1ccnc1Cc1nccn1C.O=S(=O)([O-])C(F)(F)F.O=S(=O)([O-])C(F)(F)F.[Cu+].[Cu+]. The molecule has 0 atom stereocenters. The van der Waals surface area contributed by atoms with Crippen molar-refractivity contribution in [3.05, 3.63) is 109 Å². The van der Waals surface area contributed by atoms with E-state index in [0.29, 0.717) is 0 Å². The molecule has 6 rings (SSSR count). The molecule has 0 spiro atoms. The van der Waals surface area contributed by atoms with Crippen LogP contribution in [0.25, 0.3) is 0 Å². The second-order valence-electron chi connectivity index (χ2n) is 11.1. The zero-order valence-electron chi connectivity index (χ0n) is 30.6. The quantitative estimate of drug-likeness (QED) is 0.102. The number of aryl methyl sites for hydroxylation is 6. The van der Waals surface area contributed by atoms with Gasteiger partial charge in [-0.05, 0) is 0 Å². The number of nitrogens with zero attached hydrogens (tertiary/aromatic N) is 12. The first kappa shape index (κ1) is 52.7. The Hall–Kier alpha value is -4.30. The fourth-order valence-electron chi connectivity index (χ4n) is 3.83. The molecule has 324 valence electrons. The predicted molar refractivity (Wildman–Crippen MR) is 179 cm³/mol. The van der Waals surface area contributed by atoms with Crippen LogP contribution in [0.2, 0.25) is 0 Å². The van der Waals surface area contributed by atoms with E-state index in [4.69, 9.17) is 25.9 Å². The summed E-state index contributed by atoms with van der Waals surface area (Å²) in [6.07, 6.45) is 24.8. The normalized spacial score (nSPS) is 11.2. The van der Waals surface area contributed by atoms with Gasteiger partial charge in [0.15, 0.2) is 20.2 Å². The van der Waals surface area contributed by atoms with Crippen molar-refractivity contribution in [3.63, 3.8) is 0 Å². The van der Waals surface area contributed by atoms with Crippen LogP contribution in [0.3, 0.4) is 0 Å². The van der Waals surface area contributed by atoms with E-state index < -0.39 is 31.3 Å². The number of rotatable bonds is 6. The summed E-state index contributed by atoms with van der Waals surface area (Å²) in [6.45, 7) is 0. The van der Waals surface area contributed by atoms with E-state index in [1.807, 2.05) is 107 Å². The molecule has 0 bridgehead atoms. The molecule has 0 aliphatic heterocycles. The van der Waals surface area contributed by atoms with Crippen molar-refractivity contribution in [2.24, 2.45) is 42.3 Å². The van der Waals surface area contributed by atoms with Gasteiger partial charge >= 0.3 is 45.2 Å². The van der Waals surface area contributed by atoms with Crippen LogP contribution in [0.1, 0.15) is 34.9 Å². The van der Waals surface area contributed by atoms with Crippen molar-refractivity contribution in [1.29, 1.82) is 0 Å². The van der Waals surface area contributed by atoms with Gasteiger partial charge in [-0.25, -0.2) is 46.7 Å². The van der Waals surface area contributed by atoms with E-state index in [9.17, 15) is 26.3 Å². The van der Waals surface area contributed by atoms with Crippen molar-refractivity contribution in [3.8, 4) is 0 Å². The molecule has 0 radical (unpaired) electrons. The average molecular weight is 954 g/mol. The summed E-state index contributed by atoms with van der Waals surface area (Å²) in [7, 11) is -0.232. The monoisotopic (exact) mass is 952 g/mol. The van der Waals surface area contributed by atoms with Gasteiger partial charge in [-0.1, -0.05) is 0 Å². The summed E-state index contributed by atoms with van der Waals surface area (Å²) >= 11 is 0. The molecule has 6 aromatic heterocycles. The number of halogens is 6. The van der Waals surface area contributed by atoms with Gasteiger partial charge in [0.2, 0.25) is 0 Å². The summed E-state index contributed by atoms with van der Waals surface area (Å²) in [5, 5.41) is 0. The Labute approximate surface area is 344 Å². The number of hydrogen-bond donors (Lipinski definition) is 0. The van der Waals surface area contributed by atoms with E-state index in [2.05, 4.69) is 29.9 Å². The van der Waals surface area contributed by atoms with Gasteiger partial charge in [0.25, 0.3) is 0 Å². The summed E-state index contributed by atoms with van der Waals surface area (Å²) < 4.78 is 130. The summed E-state index contributed by atoms with van der Waals surface area (Å²) in [4.78, 5) is 25.4. The molecular weight excluding hydrogens is 918 g/mol. The molecule has 0 fully saturated rings. The van der Waals surface area contributed by atoms with Gasteiger partial charge in [0.05, 0.1) is 19.3 Å². The van der Waals surface area contributed by atoms with E-state index >= 15 is 0 Å². The third-order valence-electron chi connectivity index (χ3n) is 7.04. The molecule has 0 aliphatic rings. The Morgan fingerprint density at radius 2 is 0.544 bits per heavy atom. The van der Waals surface area contributed by atoms with E-state index in [-0.39, 0.29) is 34.1 Å². The second kappa shape index (κ2) is 22.6. The number of imidazole rings is 6.